The first kappa shape index (κ1) is 15.8. The molecular formula is C17H25NO3. The summed E-state index contributed by atoms with van der Waals surface area (Å²) in [6.45, 7) is 4.28. The van der Waals surface area contributed by atoms with Gasteiger partial charge in [-0.2, -0.15) is 0 Å². The van der Waals surface area contributed by atoms with E-state index in [2.05, 4.69) is 0 Å². The Morgan fingerprint density at radius 2 is 2.29 bits per heavy atom. The van der Waals surface area contributed by atoms with Gasteiger partial charge in [0.15, 0.2) is 0 Å². The van der Waals surface area contributed by atoms with Gasteiger partial charge >= 0.3 is 0 Å². The Morgan fingerprint density at radius 1 is 1.48 bits per heavy atom. The molecule has 1 atom stereocenters. The van der Waals surface area contributed by atoms with Crippen LogP contribution in [0.15, 0.2) is 18.2 Å². The summed E-state index contributed by atoms with van der Waals surface area (Å²) in [4.78, 5) is 14.5. The Kier molecular flexibility index (Phi) is 5.62. The quantitative estimate of drug-likeness (QED) is 0.849. The lowest BCUT2D eigenvalue weighted by atomic mass is 9.93. The number of phenolic OH excluding ortho intramolecular Hbond substituents is 1. The molecule has 0 spiro atoms. The van der Waals surface area contributed by atoms with Gasteiger partial charge in [-0.05, 0) is 62.3 Å². The normalized spacial score (nSPS) is 18.8. The zero-order valence-electron chi connectivity index (χ0n) is 13.0. The van der Waals surface area contributed by atoms with Gasteiger partial charge in [0.2, 0.25) is 0 Å². The monoisotopic (exact) mass is 291 g/mol. The number of rotatable bonds is 5. The Bertz CT molecular complexity index is 487. The summed E-state index contributed by atoms with van der Waals surface area (Å²) in [5.74, 6) is 0.897. The van der Waals surface area contributed by atoms with Crippen molar-refractivity contribution in [2.45, 2.75) is 32.6 Å². The van der Waals surface area contributed by atoms with E-state index in [4.69, 9.17) is 4.74 Å². The molecule has 1 amide bonds. The Morgan fingerprint density at radius 3 is 3.00 bits per heavy atom. The van der Waals surface area contributed by atoms with Crippen LogP contribution in [0.5, 0.6) is 5.75 Å². The van der Waals surface area contributed by atoms with Crippen molar-refractivity contribution in [3.8, 4) is 5.75 Å². The number of phenols is 1. The highest BCUT2D eigenvalue weighted by atomic mass is 16.5. The van der Waals surface area contributed by atoms with E-state index >= 15 is 0 Å². The van der Waals surface area contributed by atoms with Gasteiger partial charge < -0.3 is 14.7 Å². The number of amides is 1. The van der Waals surface area contributed by atoms with Crippen LogP contribution in [-0.2, 0) is 4.74 Å². The van der Waals surface area contributed by atoms with Crippen LogP contribution in [-0.4, -0.2) is 42.7 Å². The number of aromatic hydroxyl groups is 1. The van der Waals surface area contributed by atoms with Crippen LogP contribution in [0.1, 0.15) is 41.6 Å². The van der Waals surface area contributed by atoms with Gasteiger partial charge in [-0.15, -0.1) is 0 Å². The summed E-state index contributed by atoms with van der Waals surface area (Å²) >= 11 is 0. The van der Waals surface area contributed by atoms with Crippen LogP contribution in [0.4, 0.5) is 0 Å². The molecule has 0 unspecified atom stereocenters. The predicted octanol–water partition coefficient (Wildman–Crippen LogP) is 2.98. The van der Waals surface area contributed by atoms with Crippen molar-refractivity contribution in [3.63, 3.8) is 0 Å². The molecular weight excluding hydrogens is 266 g/mol. The number of likely N-dealkylation sites (tertiary alicyclic amines) is 1. The molecule has 1 heterocycles. The molecule has 0 radical (unpaired) electrons. The lowest BCUT2D eigenvalue weighted by Gasteiger charge is -2.33. The van der Waals surface area contributed by atoms with Crippen molar-refractivity contribution in [2.24, 2.45) is 5.92 Å². The number of methoxy groups -OCH3 is 1. The van der Waals surface area contributed by atoms with Crippen molar-refractivity contribution >= 4 is 5.91 Å². The molecule has 0 aromatic heterocycles. The fourth-order valence-corrected chi connectivity index (χ4v) is 2.97. The highest BCUT2D eigenvalue weighted by Crippen LogP contribution is 2.24. The number of carbonyl (C=O) groups is 1. The fraction of sp³-hybridized carbons (Fsp3) is 0.588. The second-order valence-electron chi connectivity index (χ2n) is 5.90. The highest BCUT2D eigenvalue weighted by Gasteiger charge is 2.24. The van der Waals surface area contributed by atoms with Crippen molar-refractivity contribution in [1.29, 1.82) is 0 Å². The smallest absolute Gasteiger partial charge is 0.253 e. The first-order valence-corrected chi connectivity index (χ1v) is 7.69. The molecule has 0 aliphatic carbocycles. The molecule has 1 aliphatic rings. The minimum atomic E-state index is 0.0783. The zero-order chi connectivity index (χ0) is 15.2. The van der Waals surface area contributed by atoms with Gasteiger partial charge in [0.1, 0.15) is 5.75 Å². The van der Waals surface area contributed by atoms with Gasteiger partial charge in [0.25, 0.3) is 5.91 Å². The average Bonchev–Trinajstić information content (AvgIpc) is 2.50. The number of hydrogen-bond acceptors (Lipinski definition) is 3. The third-order valence-electron chi connectivity index (χ3n) is 4.21. The third kappa shape index (κ3) is 4.21. The van der Waals surface area contributed by atoms with E-state index in [-0.39, 0.29) is 11.7 Å². The average molecular weight is 291 g/mol. The molecule has 0 saturated carbocycles. The lowest BCUT2D eigenvalue weighted by Crippen LogP contribution is -2.40. The molecule has 1 aromatic rings. The molecule has 2 rings (SSSR count). The second-order valence-corrected chi connectivity index (χ2v) is 5.90. The fourth-order valence-electron chi connectivity index (χ4n) is 2.97. The maximum atomic E-state index is 12.6. The minimum absolute atomic E-state index is 0.0783. The van der Waals surface area contributed by atoms with E-state index in [1.54, 1.807) is 25.3 Å². The minimum Gasteiger partial charge on any atom is -0.508 e. The molecule has 4 heteroatoms. The van der Waals surface area contributed by atoms with Crippen LogP contribution in [0, 0.1) is 12.8 Å². The molecule has 1 N–H and O–H groups in total. The van der Waals surface area contributed by atoms with Gasteiger partial charge in [-0.3, -0.25) is 4.79 Å². The Labute approximate surface area is 126 Å². The number of piperidine rings is 1. The first-order chi connectivity index (χ1) is 10.1. The SMILES string of the molecule is COCCC[C@H]1CCCN(C(=O)c2ccc(O)c(C)c2)C1. The summed E-state index contributed by atoms with van der Waals surface area (Å²) in [6.07, 6.45) is 4.44. The van der Waals surface area contributed by atoms with Crippen LogP contribution in [0.3, 0.4) is 0 Å². The van der Waals surface area contributed by atoms with Crippen LogP contribution in [0.25, 0.3) is 0 Å². The Balaban J connectivity index is 1.96. The van der Waals surface area contributed by atoms with Crippen molar-refractivity contribution in [2.75, 3.05) is 26.8 Å². The van der Waals surface area contributed by atoms with Crippen LogP contribution >= 0.6 is 0 Å². The number of ether oxygens (including phenoxy) is 1. The lowest BCUT2D eigenvalue weighted by molar-refractivity contribution is 0.0660. The molecule has 21 heavy (non-hydrogen) atoms. The number of hydrogen-bond donors (Lipinski definition) is 1. The maximum absolute atomic E-state index is 12.6. The Hall–Kier alpha value is -1.55. The summed E-state index contributed by atoms with van der Waals surface area (Å²) < 4.78 is 5.10. The molecule has 0 bridgehead atoms. The first-order valence-electron chi connectivity index (χ1n) is 7.69. The topological polar surface area (TPSA) is 49.8 Å². The van der Waals surface area contributed by atoms with Gasteiger partial charge in [0, 0.05) is 32.4 Å². The molecule has 4 nitrogen and oxygen atoms in total. The van der Waals surface area contributed by atoms with E-state index in [1.807, 2.05) is 11.8 Å². The van der Waals surface area contributed by atoms with E-state index < -0.39 is 0 Å². The summed E-state index contributed by atoms with van der Waals surface area (Å²) in [7, 11) is 1.73. The number of aryl methyl sites for hydroxylation is 1. The molecule has 116 valence electrons. The highest BCUT2D eigenvalue weighted by molar-refractivity contribution is 5.94. The van der Waals surface area contributed by atoms with Gasteiger partial charge in [0.05, 0.1) is 0 Å². The molecule has 1 saturated heterocycles. The van der Waals surface area contributed by atoms with E-state index in [0.717, 1.165) is 44.5 Å². The summed E-state index contributed by atoms with van der Waals surface area (Å²) in [5.41, 5.74) is 1.41. The van der Waals surface area contributed by atoms with Crippen molar-refractivity contribution in [3.05, 3.63) is 29.3 Å². The van der Waals surface area contributed by atoms with E-state index in [0.29, 0.717) is 11.5 Å². The maximum Gasteiger partial charge on any atom is 0.253 e. The van der Waals surface area contributed by atoms with E-state index in [1.165, 1.54) is 6.42 Å². The molecule has 1 aliphatic heterocycles. The number of carbonyl (C=O) groups excluding carboxylic acids is 1. The van der Waals surface area contributed by atoms with Crippen LogP contribution < -0.4 is 0 Å². The molecule has 1 fully saturated rings. The largest absolute Gasteiger partial charge is 0.508 e. The van der Waals surface area contributed by atoms with Crippen molar-refractivity contribution in [1.82, 2.24) is 4.90 Å². The van der Waals surface area contributed by atoms with E-state index in [9.17, 15) is 9.90 Å². The molecule has 1 aromatic carbocycles. The van der Waals surface area contributed by atoms with Gasteiger partial charge in [-0.25, -0.2) is 0 Å². The predicted molar refractivity (Wildman–Crippen MR) is 82.6 cm³/mol. The van der Waals surface area contributed by atoms with Crippen LogP contribution in [0.2, 0.25) is 0 Å². The second kappa shape index (κ2) is 7.46. The standard InChI is InChI=1S/C17H25NO3/c1-13-11-15(7-8-16(13)19)17(20)18-9-3-5-14(12-18)6-4-10-21-2/h7-8,11,14,19H,3-6,9-10,12H2,1-2H3/t14-/m1/s1. The summed E-state index contributed by atoms with van der Waals surface area (Å²) in [6, 6.07) is 5.08. The third-order valence-corrected chi connectivity index (χ3v) is 4.21. The number of benzene rings is 1. The zero-order valence-corrected chi connectivity index (χ0v) is 13.0. The number of nitrogens with zero attached hydrogens (tertiary/aromatic N) is 1. The summed E-state index contributed by atoms with van der Waals surface area (Å²) in [5, 5.41) is 9.56. The van der Waals surface area contributed by atoms with Crippen molar-refractivity contribution < 1.29 is 14.6 Å². The van der Waals surface area contributed by atoms with Gasteiger partial charge in [-0.1, -0.05) is 0 Å².